The number of ether oxygens (including phenoxy) is 4. The fourth-order valence-corrected chi connectivity index (χ4v) is 1.41. The second kappa shape index (κ2) is 9.33. The first-order valence-corrected chi connectivity index (χ1v) is 6.95. The van der Waals surface area contributed by atoms with Gasteiger partial charge in [-0.3, -0.25) is 0 Å². The summed E-state index contributed by atoms with van der Waals surface area (Å²) in [7, 11) is 0. The second-order valence-electron chi connectivity index (χ2n) is 5.10. The highest BCUT2D eigenvalue weighted by Gasteiger charge is 2.88. The van der Waals surface area contributed by atoms with Crippen molar-refractivity contribution in [2.24, 2.45) is 0 Å². The summed E-state index contributed by atoms with van der Waals surface area (Å²) in [6.07, 6.45) is -46.7. The van der Waals surface area contributed by atoms with Crippen LogP contribution in [0.25, 0.3) is 0 Å². The molecule has 0 saturated carbocycles. The third kappa shape index (κ3) is 7.24. The molecule has 0 aromatic carbocycles. The number of alkyl halides is 16. The quantitative estimate of drug-likeness (QED) is 0.386. The Morgan fingerprint density at radius 2 is 0.879 bits per heavy atom. The molecule has 1 rings (SSSR count). The summed E-state index contributed by atoms with van der Waals surface area (Å²) < 4.78 is 228. The van der Waals surface area contributed by atoms with Gasteiger partial charge in [0.2, 0.25) is 0 Å². The highest BCUT2D eigenvalue weighted by atomic mass is 19.4. The largest absolute Gasteiger partial charge is 0.527 e. The standard InChI is InChI=1S/C7F16O2.C4H4F2O2/c8-1(2(9,10)11,3(12,13)14)4(15,16)24-5(17,18)6(19,20)25-7(21,22)23;5-3(6)4-7-1-2-8-4/h;1-2H2. The van der Waals surface area contributed by atoms with Gasteiger partial charge in [0, 0.05) is 0 Å². The minimum atomic E-state index is -7.98. The molecule has 1 heterocycles. The maximum absolute atomic E-state index is 12.9. The van der Waals surface area contributed by atoms with Crippen LogP contribution in [0.3, 0.4) is 0 Å². The highest BCUT2D eigenvalue weighted by Crippen LogP contribution is 2.57. The molecule has 198 valence electrons. The van der Waals surface area contributed by atoms with Gasteiger partial charge in [-0.1, -0.05) is 0 Å². The lowest BCUT2D eigenvalue weighted by Gasteiger charge is -2.37. The summed E-state index contributed by atoms with van der Waals surface area (Å²) in [6.45, 7) is 0.458. The lowest BCUT2D eigenvalue weighted by molar-refractivity contribution is -0.553. The van der Waals surface area contributed by atoms with Crippen molar-refractivity contribution in [3.05, 3.63) is 12.0 Å². The molecule has 22 heteroatoms. The average molecular weight is 542 g/mol. The summed E-state index contributed by atoms with van der Waals surface area (Å²) in [5.74, 6) is -0.620. The van der Waals surface area contributed by atoms with Crippen LogP contribution in [0.2, 0.25) is 0 Å². The van der Waals surface area contributed by atoms with Crippen LogP contribution < -0.4 is 0 Å². The summed E-state index contributed by atoms with van der Waals surface area (Å²) in [4.78, 5) is 0. The molecular weight excluding hydrogens is 538 g/mol. The van der Waals surface area contributed by atoms with E-state index in [-0.39, 0.29) is 13.2 Å². The summed E-state index contributed by atoms with van der Waals surface area (Å²) in [5, 5.41) is 0. The Kier molecular flexibility index (Phi) is 8.77. The van der Waals surface area contributed by atoms with Crippen molar-refractivity contribution >= 4 is 0 Å². The Labute approximate surface area is 167 Å². The van der Waals surface area contributed by atoms with Gasteiger partial charge in [0.1, 0.15) is 13.2 Å². The first-order chi connectivity index (χ1) is 14.2. The zero-order chi connectivity index (χ0) is 26.9. The molecule has 0 radical (unpaired) electrons. The molecule has 0 N–H and O–H groups in total. The van der Waals surface area contributed by atoms with Crippen molar-refractivity contribution in [2.45, 2.75) is 42.7 Å². The van der Waals surface area contributed by atoms with Crippen LogP contribution in [0.1, 0.15) is 0 Å². The number of rotatable bonds is 5. The Balaban J connectivity index is 0.00000106. The van der Waals surface area contributed by atoms with E-state index in [0.29, 0.717) is 0 Å². The summed E-state index contributed by atoms with van der Waals surface area (Å²) in [5.41, 5.74) is -7.98. The maximum atomic E-state index is 12.9. The fraction of sp³-hybridized carbons (Fsp3) is 0.818. The maximum Gasteiger partial charge on any atom is 0.527 e. The molecule has 0 bridgehead atoms. The molecular formula is C11H4F18O4. The topological polar surface area (TPSA) is 36.9 Å². The monoisotopic (exact) mass is 542 g/mol. The van der Waals surface area contributed by atoms with E-state index in [4.69, 9.17) is 0 Å². The zero-order valence-corrected chi connectivity index (χ0v) is 14.4. The van der Waals surface area contributed by atoms with Crippen LogP contribution in [0.15, 0.2) is 12.0 Å². The minimum Gasteiger partial charge on any atom is -0.458 e. The Morgan fingerprint density at radius 3 is 1.12 bits per heavy atom. The van der Waals surface area contributed by atoms with Gasteiger partial charge in [0.05, 0.1) is 0 Å². The molecule has 0 unspecified atom stereocenters. The van der Waals surface area contributed by atoms with Crippen molar-refractivity contribution < 1.29 is 98.0 Å². The Morgan fingerprint density at radius 1 is 0.545 bits per heavy atom. The predicted octanol–water partition coefficient (Wildman–Crippen LogP) is 6.25. The average Bonchev–Trinajstić information content (AvgIpc) is 3.03. The van der Waals surface area contributed by atoms with Gasteiger partial charge in [0.15, 0.2) is 0 Å². The van der Waals surface area contributed by atoms with E-state index < -0.39 is 54.7 Å². The number of hydrogen-bond donors (Lipinski definition) is 0. The molecule has 1 aliphatic heterocycles. The lowest BCUT2D eigenvalue weighted by atomic mass is 10.0. The lowest BCUT2D eigenvalue weighted by Crippen LogP contribution is -2.67. The molecule has 33 heavy (non-hydrogen) atoms. The minimum absolute atomic E-state index is 0.229. The van der Waals surface area contributed by atoms with Crippen molar-refractivity contribution in [3.63, 3.8) is 0 Å². The first kappa shape index (κ1) is 31.0. The van der Waals surface area contributed by atoms with Crippen LogP contribution in [0, 0.1) is 0 Å². The molecule has 4 nitrogen and oxygen atoms in total. The first-order valence-electron chi connectivity index (χ1n) is 6.95. The van der Waals surface area contributed by atoms with Crippen molar-refractivity contribution in [1.82, 2.24) is 0 Å². The molecule has 1 fully saturated rings. The molecule has 0 amide bonds. The number of hydrogen-bond acceptors (Lipinski definition) is 4. The van der Waals surface area contributed by atoms with Gasteiger partial charge < -0.3 is 9.47 Å². The second-order valence-corrected chi connectivity index (χ2v) is 5.10. The molecule has 1 aliphatic rings. The van der Waals surface area contributed by atoms with E-state index in [1.807, 2.05) is 0 Å². The van der Waals surface area contributed by atoms with E-state index in [0.717, 1.165) is 0 Å². The van der Waals surface area contributed by atoms with Crippen LogP contribution in [0.4, 0.5) is 79.0 Å². The molecule has 1 saturated heterocycles. The highest BCUT2D eigenvalue weighted by molar-refractivity contribution is 5.02. The van der Waals surface area contributed by atoms with E-state index in [1.54, 1.807) is 0 Å². The number of halogens is 18. The van der Waals surface area contributed by atoms with Gasteiger partial charge in [-0.2, -0.15) is 61.5 Å². The summed E-state index contributed by atoms with van der Waals surface area (Å²) in [6, 6.07) is 0. The molecule has 0 aromatic heterocycles. The van der Waals surface area contributed by atoms with Crippen LogP contribution in [0.5, 0.6) is 0 Å². The SMILES string of the molecule is FC(F)(F)OC(F)(F)C(F)(F)OC(F)(F)C(F)(C(F)(F)F)C(F)(F)F.FC(F)=C1OCCO1. The van der Waals surface area contributed by atoms with Crippen molar-refractivity contribution in [3.8, 4) is 0 Å². The molecule has 0 aromatic rings. The summed E-state index contributed by atoms with van der Waals surface area (Å²) >= 11 is 0. The van der Waals surface area contributed by atoms with Crippen LogP contribution in [-0.2, 0) is 18.9 Å². The third-order valence-corrected chi connectivity index (χ3v) is 2.73. The van der Waals surface area contributed by atoms with E-state index >= 15 is 0 Å². The van der Waals surface area contributed by atoms with Gasteiger partial charge >= 0.3 is 54.7 Å². The van der Waals surface area contributed by atoms with Gasteiger partial charge in [0.25, 0.3) is 0 Å². The van der Waals surface area contributed by atoms with E-state index in [9.17, 15) is 79.0 Å². The van der Waals surface area contributed by atoms with Crippen molar-refractivity contribution in [2.75, 3.05) is 13.2 Å². The van der Waals surface area contributed by atoms with Gasteiger partial charge in [-0.15, -0.1) is 13.2 Å². The van der Waals surface area contributed by atoms with Crippen LogP contribution >= 0.6 is 0 Å². The normalized spacial score (nSPS) is 16.6. The molecule has 0 spiro atoms. The molecule has 0 atom stereocenters. The fourth-order valence-electron chi connectivity index (χ4n) is 1.41. The third-order valence-electron chi connectivity index (χ3n) is 2.73. The van der Waals surface area contributed by atoms with E-state index in [2.05, 4.69) is 9.47 Å². The molecule has 0 aliphatic carbocycles. The Bertz CT molecular complexity index is 663. The smallest absolute Gasteiger partial charge is 0.458 e. The van der Waals surface area contributed by atoms with Crippen LogP contribution in [-0.4, -0.2) is 55.9 Å². The van der Waals surface area contributed by atoms with E-state index in [1.165, 1.54) is 9.47 Å². The predicted molar refractivity (Wildman–Crippen MR) is 60.2 cm³/mol. The van der Waals surface area contributed by atoms with Gasteiger partial charge in [-0.25, -0.2) is 13.9 Å². The Hall–Kier alpha value is -2.00. The van der Waals surface area contributed by atoms with Crippen molar-refractivity contribution in [1.29, 1.82) is 0 Å². The van der Waals surface area contributed by atoms with Gasteiger partial charge in [-0.05, 0) is 0 Å². The zero-order valence-electron chi connectivity index (χ0n) is 14.4.